The summed E-state index contributed by atoms with van der Waals surface area (Å²) in [6.45, 7) is 5.31. The molecule has 130 valence electrons. The van der Waals surface area contributed by atoms with Crippen LogP contribution in [0.15, 0.2) is 24.3 Å². The fraction of sp³-hybridized carbons (Fsp3) is 0.588. The standard InChI is InChI=1S/C17H23N3O4/c1-12(13-10-18-11-13)17(21)19-8-6-16(7-9-19)24-15-4-2-14(3-5-15)20(22)23/h2-5,12-13,16,18H,6-11H2,1H3. The molecule has 2 fully saturated rings. The minimum absolute atomic E-state index is 0.0520. The number of rotatable bonds is 5. The maximum absolute atomic E-state index is 12.5. The number of nitro benzene ring substituents is 1. The number of hydrogen-bond donors (Lipinski definition) is 1. The van der Waals surface area contributed by atoms with Crippen molar-refractivity contribution in [3.05, 3.63) is 34.4 Å². The fourth-order valence-electron chi connectivity index (χ4n) is 3.19. The van der Waals surface area contributed by atoms with Crippen LogP contribution in [0.25, 0.3) is 0 Å². The van der Waals surface area contributed by atoms with Crippen molar-refractivity contribution in [2.45, 2.75) is 25.9 Å². The highest BCUT2D eigenvalue weighted by molar-refractivity contribution is 5.79. The van der Waals surface area contributed by atoms with E-state index < -0.39 is 4.92 Å². The second-order valence-electron chi connectivity index (χ2n) is 6.60. The number of nitrogens with zero attached hydrogens (tertiary/aromatic N) is 2. The van der Waals surface area contributed by atoms with Crippen molar-refractivity contribution >= 4 is 11.6 Å². The minimum Gasteiger partial charge on any atom is -0.490 e. The van der Waals surface area contributed by atoms with Gasteiger partial charge in [0.1, 0.15) is 11.9 Å². The van der Waals surface area contributed by atoms with E-state index in [-0.39, 0.29) is 23.6 Å². The molecule has 24 heavy (non-hydrogen) atoms. The maximum Gasteiger partial charge on any atom is 0.269 e. The van der Waals surface area contributed by atoms with Gasteiger partial charge in [-0.2, -0.15) is 0 Å². The lowest BCUT2D eigenvalue weighted by molar-refractivity contribution is -0.384. The van der Waals surface area contributed by atoms with Gasteiger partial charge in [0, 0.05) is 44.0 Å². The van der Waals surface area contributed by atoms with Crippen molar-refractivity contribution in [1.82, 2.24) is 10.2 Å². The number of carbonyl (C=O) groups excluding carboxylic acids is 1. The number of hydrogen-bond acceptors (Lipinski definition) is 5. The minimum atomic E-state index is -0.424. The molecule has 2 aliphatic rings. The summed E-state index contributed by atoms with van der Waals surface area (Å²) in [5, 5.41) is 13.9. The molecule has 1 aromatic carbocycles. The summed E-state index contributed by atoms with van der Waals surface area (Å²) in [7, 11) is 0. The first-order chi connectivity index (χ1) is 11.5. The normalized spacial score (nSPS) is 20.3. The lowest BCUT2D eigenvalue weighted by Crippen LogP contribution is -2.52. The molecule has 0 aliphatic carbocycles. The monoisotopic (exact) mass is 333 g/mol. The van der Waals surface area contributed by atoms with Gasteiger partial charge in [0.25, 0.3) is 5.69 Å². The molecular formula is C17H23N3O4. The quantitative estimate of drug-likeness (QED) is 0.656. The maximum atomic E-state index is 12.5. The number of nitro groups is 1. The molecule has 0 aromatic heterocycles. The van der Waals surface area contributed by atoms with Crippen LogP contribution < -0.4 is 10.1 Å². The molecule has 7 nitrogen and oxygen atoms in total. The molecule has 0 spiro atoms. The summed E-state index contributed by atoms with van der Waals surface area (Å²) < 4.78 is 5.89. The van der Waals surface area contributed by atoms with Gasteiger partial charge in [-0.15, -0.1) is 0 Å². The number of carbonyl (C=O) groups is 1. The Bertz CT molecular complexity index is 592. The highest BCUT2D eigenvalue weighted by Crippen LogP contribution is 2.24. The number of piperidine rings is 1. The third-order valence-electron chi connectivity index (χ3n) is 5.01. The Balaban J connectivity index is 1.48. The Labute approximate surface area is 141 Å². The van der Waals surface area contributed by atoms with Crippen molar-refractivity contribution in [2.75, 3.05) is 26.2 Å². The molecule has 1 N–H and O–H groups in total. The van der Waals surface area contributed by atoms with Crippen molar-refractivity contribution < 1.29 is 14.5 Å². The van der Waals surface area contributed by atoms with Crippen LogP contribution >= 0.6 is 0 Å². The van der Waals surface area contributed by atoms with E-state index in [0.717, 1.165) is 25.9 Å². The first kappa shape index (κ1) is 16.7. The van der Waals surface area contributed by atoms with Gasteiger partial charge in [0.2, 0.25) is 5.91 Å². The van der Waals surface area contributed by atoms with E-state index in [1.807, 2.05) is 11.8 Å². The largest absolute Gasteiger partial charge is 0.490 e. The lowest BCUT2D eigenvalue weighted by Gasteiger charge is -2.38. The summed E-state index contributed by atoms with van der Waals surface area (Å²) in [5.41, 5.74) is 0.0576. The van der Waals surface area contributed by atoms with Crippen LogP contribution in [0.5, 0.6) is 5.75 Å². The third kappa shape index (κ3) is 3.67. The Hall–Kier alpha value is -2.15. The molecular weight excluding hydrogens is 310 g/mol. The van der Waals surface area contributed by atoms with Crippen molar-refractivity contribution in [2.24, 2.45) is 11.8 Å². The van der Waals surface area contributed by atoms with E-state index in [4.69, 9.17) is 4.74 Å². The van der Waals surface area contributed by atoms with E-state index in [0.29, 0.717) is 24.8 Å². The SMILES string of the molecule is CC(C(=O)N1CCC(Oc2ccc([N+](=O)[O-])cc2)CC1)C1CNC1. The summed E-state index contributed by atoms with van der Waals surface area (Å²) in [6, 6.07) is 6.15. The van der Waals surface area contributed by atoms with E-state index in [1.54, 1.807) is 12.1 Å². The van der Waals surface area contributed by atoms with E-state index in [2.05, 4.69) is 5.32 Å². The van der Waals surface area contributed by atoms with Gasteiger partial charge in [0.15, 0.2) is 0 Å². The van der Waals surface area contributed by atoms with E-state index in [1.165, 1.54) is 12.1 Å². The number of nitrogens with one attached hydrogen (secondary N) is 1. The van der Waals surface area contributed by atoms with Gasteiger partial charge in [-0.25, -0.2) is 0 Å². The van der Waals surface area contributed by atoms with Gasteiger partial charge in [-0.3, -0.25) is 14.9 Å². The highest BCUT2D eigenvalue weighted by Gasteiger charge is 2.33. The summed E-state index contributed by atoms with van der Waals surface area (Å²) >= 11 is 0. The van der Waals surface area contributed by atoms with Crippen molar-refractivity contribution in [1.29, 1.82) is 0 Å². The Morgan fingerprint density at radius 2 is 1.92 bits per heavy atom. The van der Waals surface area contributed by atoms with Gasteiger partial charge in [-0.05, 0) is 31.1 Å². The molecule has 1 atom stereocenters. The van der Waals surface area contributed by atoms with Gasteiger partial charge >= 0.3 is 0 Å². The molecule has 2 saturated heterocycles. The van der Waals surface area contributed by atoms with Crippen LogP contribution in [0.3, 0.4) is 0 Å². The number of benzene rings is 1. The zero-order valence-corrected chi connectivity index (χ0v) is 13.8. The van der Waals surface area contributed by atoms with Crippen LogP contribution in [0.1, 0.15) is 19.8 Å². The number of ether oxygens (including phenoxy) is 1. The van der Waals surface area contributed by atoms with E-state index >= 15 is 0 Å². The van der Waals surface area contributed by atoms with E-state index in [9.17, 15) is 14.9 Å². The molecule has 2 heterocycles. The highest BCUT2D eigenvalue weighted by atomic mass is 16.6. The van der Waals surface area contributed by atoms with Crippen LogP contribution in [-0.2, 0) is 4.79 Å². The lowest BCUT2D eigenvalue weighted by atomic mass is 9.87. The molecule has 3 rings (SSSR count). The Kier molecular flexibility index (Phi) is 4.99. The topological polar surface area (TPSA) is 84.7 Å². The number of non-ortho nitro benzene ring substituents is 1. The molecule has 0 bridgehead atoms. The number of amides is 1. The van der Waals surface area contributed by atoms with Crippen LogP contribution in [0.2, 0.25) is 0 Å². The van der Waals surface area contributed by atoms with Crippen molar-refractivity contribution in [3.8, 4) is 5.75 Å². The third-order valence-corrected chi connectivity index (χ3v) is 5.01. The van der Waals surface area contributed by atoms with Crippen LogP contribution in [0.4, 0.5) is 5.69 Å². The zero-order valence-electron chi connectivity index (χ0n) is 13.8. The fourth-order valence-corrected chi connectivity index (χ4v) is 3.19. The molecule has 2 aliphatic heterocycles. The second kappa shape index (κ2) is 7.17. The smallest absolute Gasteiger partial charge is 0.269 e. The zero-order chi connectivity index (χ0) is 17.1. The van der Waals surface area contributed by atoms with Gasteiger partial charge in [0.05, 0.1) is 4.92 Å². The number of likely N-dealkylation sites (tertiary alicyclic amines) is 1. The predicted molar refractivity (Wildman–Crippen MR) is 88.9 cm³/mol. The molecule has 1 aromatic rings. The predicted octanol–water partition coefficient (Wildman–Crippen LogP) is 1.82. The summed E-state index contributed by atoms with van der Waals surface area (Å²) in [6.07, 6.45) is 1.63. The summed E-state index contributed by atoms with van der Waals surface area (Å²) in [4.78, 5) is 24.7. The van der Waals surface area contributed by atoms with Crippen molar-refractivity contribution in [3.63, 3.8) is 0 Å². The summed E-state index contributed by atoms with van der Waals surface area (Å²) in [5.74, 6) is 1.43. The van der Waals surface area contributed by atoms with Crippen LogP contribution in [0, 0.1) is 22.0 Å². The average Bonchev–Trinajstić information content (AvgIpc) is 2.54. The first-order valence-electron chi connectivity index (χ1n) is 8.45. The van der Waals surface area contributed by atoms with Crippen LogP contribution in [-0.4, -0.2) is 48.0 Å². The molecule has 0 radical (unpaired) electrons. The molecule has 1 unspecified atom stereocenters. The van der Waals surface area contributed by atoms with Gasteiger partial charge in [-0.1, -0.05) is 6.92 Å². The molecule has 1 amide bonds. The Morgan fingerprint density at radius 3 is 2.42 bits per heavy atom. The average molecular weight is 333 g/mol. The molecule has 0 saturated carbocycles. The first-order valence-corrected chi connectivity index (χ1v) is 8.45. The molecule has 7 heteroatoms. The van der Waals surface area contributed by atoms with Gasteiger partial charge < -0.3 is 15.0 Å². The second-order valence-corrected chi connectivity index (χ2v) is 6.60. The Morgan fingerprint density at radius 1 is 1.29 bits per heavy atom.